The van der Waals surface area contributed by atoms with Gasteiger partial charge in [0.05, 0.1) is 17.3 Å². The fourth-order valence-corrected chi connectivity index (χ4v) is 5.78. The average molecular weight is 419 g/mol. The molecule has 1 saturated heterocycles. The summed E-state index contributed by atoms with van der Waals surface area (Å²) in [5.41, 5.74) is 3.49. The summed E-state index contributed by atoms with van der Waals surface area (Å²) < 4.78 is 29.4. The average Bonchev–Trinajstić information content (AvgIpc) is 2.95. The van der Waals surface area contributed by atoms with E-state index in [9.17, 15) is 13.2 Å². The Hall–Kier alpha value is -2.19. The Balaban J connectivity index is 1.62. The number of rotatable bonds is 6. The number of nitrogens with one attached hydrogen (secondary N) is 1. The van der Waals surface area contributed by atoms with Crippen LogP contribution in [0.25, 0.3) is 0 Å². The van der Waals surface area contributed by atoms with Crippen molar-refractivity contribution < 1.29 is 13.2 Å². The summed E-state index contributed by atoms with van der Waals surface area (Å²) in [7, 11) is -1.93. The van der Waals surface area contributed by atoms with Crippen molar-refractivity contribution in [1.29, 1.82) is 0 Å². The zero-order valence-electron chi connectivity index (χ0n) is 17.6. The first-order chi connectivity index (χ1) is 13.7. The van der Waals surface area contributed by atoms with Gasteiger partial charge in [0.2, 0.25) is 15.9 Å². The van der Waals surface area contributed by atoms with Crippen molar-refractivity contribution in [2.45, 2.75) is 44.9 Å². The minimum Gasteiger partial charge on any atom is -0.355 e. The number of hydrogen-bond donors (Lipinski definition) is 1. The Morgan fingerprint density at radius 1 is 1.21 bits per heavy atom. The zero-order chi connectivity index (χ0) is 21.2. The molecular formula is C21H30N4O3S. The second-order valence-electron chi connectivity index (χ2n) is 7.85. The highest BCUT2D eigenvalue weighted by Gasteiger charge is 2.36. The molecule has 0 spiro atoms. The van der Waals surface area contributed by atoms with Crippen molar-refractivity contribution in [3.05, 3.63) is 46.8 Å². The maximum atomic E-state index is 13.2. The molecule has 0 unspecified atom stereocenters. The molecule has 3 rings (SSSR count). The van der Waals surface area contributed by atoms with Crippen LogP contribution in [0.5, 0.6) is 0 Å². The number of aromatic nitrogens is 2. The van der Waals surface area contributed by atoms with Crippen molar-refractivity contribution in [3.8, 4) is 0 Å². The third kappa shape index (κ3) is 4.70. The van der Waals surface area contributed by atoms with Crippen LogP contribution in [0.2, 0.25) is 0 Å². The van der Waals surface area contributed by atoms with E-state index in [0.717, 1.165) is 6.42 Å². The number of carbonyl (C=O) groups is 1. The fraction of sp³-hybridized carbons (Fsp3) is 0.524. The Bertz CT molecular complexity index is 980. The molecule has 2 aromatic rings. The van der Waals surface area contributed by atoms with Crippen molar-refractivity contribution >= 4 is 15.9 Å². The van der Waals surface area contributed by atoms with Crippen LogP contribution in [0, 0.1) is 26.7 Å². The van der Waals surface area contributed by atoms with Crippen molar-refractivity contribution in [1.82, 2.24) is 19.4 Å². The second kappa shape index (κ2) is 8.67. The van der Waals surface area contributed by atoms with Crippen molar-refractivity contribution in [2.75, 3.05) is 19.6 Å². The molecule has 8 heteroatoms. The van der Waals surface area contributed by atoms with Gasteiger partial charge in [-0.1, -0.05) is 29.8 Å². The monoisotopic (exact) mass is 418 g/mol. The van der Waals surface area contributed by atoms with E-state index in [1.165, 1.54) is 15.4 Å². The Morgan fingerprint density at radius 3 is 2.52 bits per heavy atom. The van der Waals surface area contributed by atoms with E-state index in [0.29, 0.717) is 37.3 Å². The summed E-state index contributed by atoms with van der Waals surface area (Å²) in [4.78, 5) is 12.9. The van der Waals surface area contributed by atoms with Crippen molar-refractivity contribution in [3.63, 3.8) is 0 Å². The van der Waals surface area contributed by atoms with Gasteiger partial charge in [-0.25, -0.2) is 8.42 Å². The van der Waals surface area contributed by atoms with Crippen LogP contribution in [-0.4, -0.2) is 48.0 Å². The maximum absolute atomic E-state index is 13.2. The topological polar surface area (TPSA) is 84.3 Å². The fourth-order valence-electron chi connectivity index (χ4n) is 3.86. The standard InChI is InChI=1S/C21H30N4O3S/c1-15-7-9-18(10-8-15)11-12-22-21(26)19-6-5-13-25(14-19)29(27,28)20-16(2)23-24(4)17(20)3/h7-10,19H,5-6,11-14H2,1-4H3,(H,22,26)/t19-/m0/s1. The van der Waals surface area contributed by atoms with E-state index in [-0.39, 0.29) is 23.3 Å². The molecule has 0 radical (unpaired) electrons. The lowest BCUT2D eigenvalue weighted by atomic mass is 9.98. The molecule has 1 aromatic carbocycles. The highest BCUT2D eigenvalue weighted by Crippen LogP contribution is 2.27. The van der Waals surface area contributed by atoms with Crippen LogP contribution in [0.3, 0.4) is 0 Å². The van der Waals surface area contributed by atoms with Crippen LogP contribution >= 0.6 is 0 Å². The normalized spacial score (nSPS) is 18.0. The molecule has 0 saturated carbocycles. The number of amides is 1. The zero-order valence-corrected chi connectivity index (χ0v) is 18.4. The summed E-state index contributed by atoms with van der Waals surface area (Å²) in [6, 6.07) is 8.25. The molecule has 1 fully saturated rings. The quantitative estimate of drug-likeness (QED) is 0.779. The molecule has 7 nitrogen and oxygen atoms in total. The van der Waals surface area contributed by atoms with E-state index in [1.807, 2.05) is 6.92 Å². The lowest BCUT2D eigenvalue weighted by Gasteiger charge is -2.31. The summed E-state index contributed by atoms with van der Waals surface area (Å²) in [5, 5.41) is 7.21. The van der Waals surface area contributed by atoms with E-state index < -0.39 is 10.0 Å². The first-order valence-corrected chi connectivity index (χ1v) is 11.5. The molecule has 0 bridgehead atoms. The molecule has 158 valence electrons. The van der Waals surface area contributed by atoms with Gasteiger partial charge < -0.3 is 5.32 Å². The number of nitrogens with zero attached hydrogens (tertiary/aromatic N) is 3. The number of benzene rings is 1. The van der Waals surface area contributed by atoms with Gasteiger partial charge >= 0.3 is 0 Å². The molecule has 29 heavy (non-hydrogen) atoms. The number of hydrogen-bond acceptors (Lipinski definition) is 4. The van der Waals surface area contributed by atoms with Crippen LogP contribution in [-0.2, 0) is 28.3 Å². The van der Waals surface area contributed by atoms with Gasteiger partial charge in [-0.15, -0.1) is 0 Å². The van der Waals surface area contributed by atoms with Gasteiger partial charge in [-0.05, 0) is 45.6 Å². The largest absolute Gasteiger partial charge is 0.355 e. The molecular weight excluding hydrogens is 388 g/mol. The van der Waals surface area contributed by atoms with E-state index >= 15 is 0 Å². The second-order valence-corrected chi connectivity index (χ2v) is 9.73. The van der Waals surface area contributed by atoms with Crippen LogP contribution in [0.4, 0.5) is 0 Å². The van der Waals surface area contributed by atoms with Gasteiger partial charge in [-0.3, -0.25) is 9.48 Å². The molecule has 1 amide bonds. The molecule has 1 atom stereocenters. The highest BCUT2D eigenvalue weighted by molar-refractivity contribution is 7.89. The van der Waals surface area contributed by atoms with E-state index in [2.05, 4.69) is 34.7 Å². The molecule has 1 aliphatic heterocycles. The molecule has 1 N–H and O–H groups in total. The summed E-state index contributed by atoms with van der Waals surface area (Å²) in [6.07, 6.45) is 2.13. The predicted octanol–water partition coefficient (Wildman–Crippen LogP) is 2.10. The minimum absolute atomic E-state index is 0.0726. The first kappa shape index (κ1) is 21.5. The predicted molar refractivity (Wildman–Crippen MR) is 112 cm³/mol. The van der Waals surface area contributed by atoms with Crippen LogP contribution in [0.15, 0.2) is 29.2 Å². The number of piperidine rings is 1. The van der Waals surface area contributed by atoms with E-state index in [4.69, 9.17) is 0 Å². The minimum atomic E-state index is -3.67. The Labute approximate surface area is 173 Å². The number of aryl methyl sites for hydroxylation is 3. The molecule has 0 aliphatic carbocycles. The number of carbonyl (C=O) groups excluding carboxylic acids is 1. The molecule has 2 heterocycles. The third-order valence-corrected chi connectivity index (χ3v) is 7.75. The smallest absolute Gasteiger partial charge is 0.246 e. The highest BCUT2D eigenvalue weighted by atomic mass is 32.2. The van der Waals surface area contributed by atoms with Gasteiger partial charge in [0.1, 0.15) is 4.90 Å². The lowest BCUT2D eigenvalue weighted by Crippen LogP contribution is -2.45. The Morgan fingerprint density at radius 2 is 1.90 bits per heavy atom. The molecule has 1 aliphatic rings. The SMILES string of the molecule is Cc1ccc(CCNC(=O)[C@H]2CCCN(S(=O)(=O)c3c(C)nn(C)c3C)C2)cc1. The van der Waals surface area contributed by atoms with Gasteiger partial charge in [0, 0.05) is 26.7 Å². The third-order valence-electron chi connectivity index (χ3n) is 5.63. The lowest BCUT2D eigenvalue weighted by molar-refractivity contribution is -0.126. The van der Waals surface area contributed by atoms with E-state index in [1.54, 1.807) is 25.6 Å². The summed E-state index contributed by atoms with van der Waals surface area (Å²) in [6.45, 7) is 6.70. The van der Waals surface area contributed by atoms with Crippen molar-refractivity contribution in [2.24, 2.45) is 13.0 Å². The van der Waals surface area contributed by atoms with Gasteiger partial charge in [0.25, 0.3) is 0 Å². The maximum Gasteiger partial charge on any atom is 0.246 e. The number of sulfonamides is 1. The van der Waals surface area contributed by atoms with Gasteiger partial charge in [-0.2, -0.15) is 9.40 Å². The first-order valence-electron chi connectivity index (χ1n) is 10.0. The van der Waals surface area contributed by atoms with Crippen LogP contribution < -0.4 is 5.32 Å². The van der Waals surface area contributed by atoms with Gasteiger partial charge in [0.15, 0.2) is 0 Å². The molecule has 1 aromatic heterocycles. The summed E-state index contributed by atoms with van der Waals surface area (Å²) >= 11 is 0. The summed E-state index contributed by atoms with van der Waals surface area (Å²) in [5.74, 6) is -0.398. The van der Waals surface area contributed by atoms with Crippen LogP contribution in [0.1, 0.15) is 35.4 Å². The Kier molecular flexibility index (Phi) is 6.43.